The number of fused-ring (bicyclic) bond motifs is 1. The van der Waals surface area contributed by atoms with E-state index >= 15 is 0 Å². The third kappa shape index (κ3) is 1.85. The highest BCUT2D eigenvalue weighted by atomic mass is 35.5. The number of hydrogen-bond acceptors (Lipinski definition) is 3. The zero-order valence-corrected chi connectivity index (χ0v) is 9.28. The van der Waals surface area contributed by atoms with Gasteiger partial charge >= 0.3 is 0 Å². The zero-order chi connectivity index (χ0) is 10.6. The normalized spacial score (nSPS) is 9.71. The van der Waals surface area contributed by atoms with Crippen molar-refractivity contribution in [2.75, 3.05) is 0 Å². The summed E-state index contributed by atoms with van der Waals surface area (Å²) in [5.41, 5.74) is 0.789. The van der Waals surface area contributed by atoms with Crippen molar-refractivity contribution < 1.29 is 0 Å². The van der Waals surface area contributed by atoms with E-state index in [1.54, 1.807) is 10.9 Å². The molecule has 0 aliphatic heterocycles. The van der Waals surface area contributed by atoms with Crippen LogP contribution in [0.3, 0.4) is 0 Å². The molecule has 0 unspecified atom stereocenters. The van der Waals surface area contributed by atoms with Crippen LogP contribution >= 0.6 is 11.6 Å². The van der Waals surface area contributed by atoms with Crippen molar-refractivity contribution in [2.24, 2.45) is 0 Å². The lowest BCUT2D eigenvalue weighted by atomic mass is 10.4. The van der Waals surface area contributed by atoms with Gasteiger partial charge in [-0.15, -0.1) is 0 Å². The second-order valence-corrected chi connectivity index (χ2v) is 2.72. The molecule has 0 N–H and O–H groups in total. The summed E-state index contributed by atoms with van der Waals surface area (Å²) < 4.78 is 1.78. The van der Waals surface area contributed by atoms with E-state index in [2.05, 4.69) is 15.1 Å². The van der Waals surface area contributed by atoms with Crippen molar-refractivity contribution in [1.29, 1.82) is 0 Å². The van der Waals surface area contributed by atoms with E-state index in [0.717, 1.165) is 17.6 Å². The van der Waals surface area contributed by atoms with Gasteiger partial charge in [0.15, 0.2) is 5.65 Å². The van der Waals surface area contributed by atoms with Crippen LogP contribution in [-0.4, -0.2) is 19.7 Å². The fraction of sp³-hybridized carbons (Fsp3) is 0.444. The third-order valence-electron chi connectivity index (χ3n) is 1.68. The number of aryl methyl sites for hydroxylation is 1. The molecule has 2 aromatic heterocycles. The van der Waals surface area contributed by atoms with Crippen molar-refractivity contribution in [3.63, 3.8) is 0 Å². The van der Waals surface area contributed by atoms with Crippen molar-refractivity contribution in [3.8, 4) is 0 Å². The quantitative estimate of drug-likeness (QED) is 0.683. The van der Waals surface area contributed by atoms with Crippen LogP contribution in [0, 0.1) is 0 Å². The van der Waals surface area contributed by atoms with E-state index in [0.29, 0.717) is 5.15 Å². The summed E-state index contributed by atoms with van der Waals surface area (Å²) >= 11 is 5.82. The Bertz CT molecular complexity index is 410. The Kier molecular flexibility index (Phi) is 3.83. The van der Waals surface area contributed by atoms with Crippen LogP contribution in [0.15, 0.2) is 12.5 Å². The first-order chi connectivity index (χ1) is 6.83. The Morgan fingerprint density at radius 3 is 2.71 bits per heavy atom. The average Bonchev–Trinajstić information content (AvgIpc) is 2.65. The summed E-state index contributed by atoms with van der Waals surface area (Å²) in [6.45, 7) is 6.79. The lowest BCUT2D eigenvalue weighted by Crippen LogP contribution is -1.97. The van der Waals surface area contributed by atoms with Crippen LogP contribution in [-0.2, 0) is 6.54 Å². The van der Waals surface area contributed by atoms with E-state index in [4.69, 9.17) is 11.6 Å². The summed E-state index contributed by atoms with van der Waals surface area (Å²) in [6.07, 6.45) is 3.12. The minimum atomic E-state index is 0.458. The minimum Gasteiger partial charge on any atom is -0.247 e. The summed E-state index contributed by atoms with van der Waals surface area (Å²) in [4.78, 5) is 7.93. The van der Waals surface area contributed by atoms with Gasteiger partial charge in [0.2, 0.25) is 0 Å². The highest BCUT2D eigenvalue weighted by Gasteiger charge is 2.05. The number of halogens is 1. The monoisotopic (exact) mass is 212 g/mol. The van der Waals surface area contributed by atoms with Crippen LogP contribution in [0.4, 0.5) is 0 Å². The largest absolute Gasteiger partial charge is 0.247 e. The molecule has 0 aromatic carbocycles. The average molecular weight is 213 g/mol. The van der Waals surface area contributed by atoms with Gasteiger partial charge in [-0.05, 0) is 6.92 Å². The Morgan fingerprint density at radius 1 is 1.36 bits per heavy atom. The maximum Gasteiger partial charge on any atom is 0.162 e. The summed E-state index contributed by atoms with van der Waals surface area (Å²) in [7, 11) is 0. The van der Waals surface area contributed by atoms with Crippen molar-refractivity contribution in [2.45, 2.75) is 27.3 Å². The summed E-state index contributed by atoms with van der Waals surface area (Å²) in [5, 5.41) is 5.37. The molecular formula is C9H13ClN4. The maximum atomic E-state index is 5.82. The predicted molar refractivity (Wildman–Crippen MR) is 57.4 cm³/mol. The highest BCUT2D eigenvalue weighted by Crippen LogP contribution is 2.17. The molecule has 0 fully saturated rings. The molecule has 2 heterocycles. The van der Waals surface area contributed by atoms with Crippen LogP contribution in [0.5, 0.6) is 0 Å². The van der Waals surface area contributed by atoms with Gasteiger partial charge in [0.1, 0.15) is 11.5 Å². The molecule has 0 atom stereocenters. The fourth-order valence-corrected chi connectivity index (χ4v) is 1.27. The van der Waals surface area contributed by atoms with Crippen molar-refractivity contribution in [1.82, 2.24) is 19.7 Å². The van der Waals surface area contributed by atoms with Gasteiger partial charge in [0, 0.05) is 6.54 Å². The molecule has 4 nitrogen and oxygen atoms in total. The number of rotatable bonds is 1. The lowest BCUT2D eigenvalue weighted by Gasteiger charge is -1.95. The minimum absolute atomic E-state index is 0.458. The van der Waals surface area contributed by atoms with Crippen molar-refractivity contribution in [3.05, 3.63) is 17.7 Å². The van der Waals surface area contributed by atoms with E-state index in [1.807, 2.05) is 20.8 Å². The molecule has 2 aromatic rings. The van der Waals surface area contributed by atoms with E-state index in [9.17, 15) is 0 Å². The van der Waals surface area contributed by atoms with E-state index in [1.165, 1.54) is 6.33 Å². The molecule has 0 bridgehead atoms. The van der Waals surface area contributed by atoms with Gasteiger partial charge in [-0.2, -0.15) is 5.10 Å². The van der Waals surface area contributed by atoms with E-state index in [-0.39, 0.29) is 0 Å². The van der Waals surface area contributed by atoms with Crippen LogP contribution < -0.4 is 0 Å². The maximum absolute atomic E-state index is 5.82. The highest BCUT2D eigenvalue weighted by molar-refractivity contribution is 6.33. The predicted octanol–water partition coefficient (Wildman–Crippen LogP) is 2.53. The second kappa shape index (κ2) is 4.91. The smallest absolute Gasteiger partial charge is 0.162 e. The lowest BCUT2D eigenvalue weighted by molar-refractivity contribution is 0.676. The van der Waals surface area contributed by atoms with Gasteiger partial charge in [0.05, 0.1) is 11.6 Å². The van der Waals surface area contributed by atoms with Gasteiger partial charge in [-0.1, -0.05) is 25.4 Å². The van der Waals surface area contributed by atoms with Crippen LogP contribution in [0.1, 0.15) is 20.8 Å². The molecule has 0 radical (unpaired) electrons. The molecule has 0 saturated carbocycles. The number of nitrogens with zero attached hydrogens (tertiary/aromatic N) is 4. The Morgan fingerprint density at radius 2 is 2.07 bits per heavy atom. The molecule has 0 aliphatic rings. The molecule has 2 rings (SSSR count). The third-order valence-corrected chi connectivity index (χ3v) is 1.99. The van der Waals surface area contributed by atoms with Gasteiger partial charge in [-0.3, -0.25) is 0 Å². The first-order valence-corrected chi connectivity index (χ1v) is 5.02. The first kappa shape index (κ1) is 10.9. The standard InChI is InChI=1S/C7H7ClN4.C2H6/c1-2-12-7-5(3-11-12)6(8)9-4-10-7;1-2/h3-4H,2H2,1H3;1-2H3. The van der Waals surface area contributed by atoms with Crippen LogP contribution in [0.25, 0.3) is 11.0 Å². The molecular weight excluding hydrogens is 200 g/mol. The number of hydrogen-bond donors (Lipinski definition) is 0. The molecule has 5 heteroatoms. The molecule has 0 aliphatic carbocycles. The molecule has 0 saturated heterocycles. The van der Waals surface area contributed by atoms with Crippen LogP contribution in [0.2, 0.25) is 5.15 Å². The molecule has 0 amide bonds. The molecule has 76 valence electrons. The second-order valence-electron chi connectivity index (χ2n) is 2.36. The topological polar surface area (TPSA) is 43.6 Å². The summed E-state index contributed by atoms with van der Waals surface area (Å²) in [6, 6.07) is 0. The Labute approximate surface area is 87.9 Å². The summed E-state index contributed by atoms with van der Waals surface area (Å²) in [5.74, 6) is 0. The molecule has 0 spiro atoms. The van der Waals surface area contributed by atoms with Gasteiger partial charge < -0.3 is 0 Å². The van der Waals surface area contributed by atoms with Crippen molar-refractivity contribution >= 4 is 22.6 Å². The number of aromatic nitrogens is 4. The molecule has 14 heavy (non-hydrogen) atoms. The Hall–Kier alpha value is -1.16. The van der Waals surface area contributed by atoms with E-state index < -0.39 is 0 Å². The van der Waals surface area contributed by atoms with Gasteiger partial charge in [0.25, 0.3) is 0 Å². The van der Waals surface area contributed by atoms with Gasteiger partial charge in [-0.25, -0.2) is 14.6 Å². The Balaban J connectivity index is 0.000000461. The SMILES string of the molecule is CC.CCn1ncc2c(Cl)ncnc21. The first-order valence-electron chi connectivity index (χ1n) is 4.65. The fourth-order valence-electron chi connectivity index (χ4n) is 1.10. The zero-order valence-electron chi connectivity index (χ0n) is 8.53.